The minimum absolute atomic E-state index is 0.143. The van der Waals surface area contributed by atoms with Gasteiger partial charge >= 0.3 is 0 Å². The van der Waals surface area contributed by atoms with Gasteiger partial charge in [-0.05, 0) is 72.8 Å². The van der Waals surface area contributed by atoms with Crippen LogP contribution in [0.2, 0.25) is 0 Å². The van der Waals surface area contributed by atoms with E-state index < -0.39 is 0 Å². The Kier molecular flexibility index (Phi) is 11.7. The molecule has 0 aliphatic carbocycles. The van der Waals surface area contributed by atoms with Gasteiger partial charge in [-0.2, -0.15) is 0 Å². The molecule has 4 amide bonds. The van der Waals surface area contributed by atoms with Gasteiger partial charge in [0.1, 0.15) is 0 Å². The van der Waals surface area contributed by atoms with Gasteiger partial charge in [-0.15, -0.1) is 0 Å². The van der Waals surface area contributed by atoms with Crippen molar-refractivity contribution in [1.82, 2.24) is 29.7 Å². The Morgan fingerprint density at radius 3 is 0.833 bits per heavy atom. The first kappa shape index (κ1) is 44.5. The zero-order valence-corrected chi connectivity index (χ0v) is 39.3. The zero-order chi connectivity index (χ0) is 48.7. The monoisotopic (exact) mass is 950 g/mol. The van der Waals surface area contributed by atoms with Crippen LogP contribution < -0.4 is 21.3 Å². The molecule has 4 aromatic carbocycles. The zero-order valence-electron chi connectivity index (χ0n) is 39.3. The number of rotatable bonds is 0. The maximum absolute atomic E-state index is 14.2. The molecule has 7 aromatic rings. The number of fused-ring (bicyclic) bond motifs is 13. The Labute approximate surface area is 414 Å². The number of benzene rings is 4. The maximum Gasteiger partial charge on any atom is 0.225 e. The first-order chi connectivity index (χ1) is 35.3. The number of hydrogen-bond acceptors (Lipinski definition) is 8. The lowest BCUT2D eigenvalue weighted by Gasteiger charge is -2.28. The van der Waals surface area contributed by atoms with E-state index in [-0.39, 0.29) is 49.3 Å². The summed E-state index contributed by atoms with van der Waals surface area (Å²) in [5, 5.41) is 13.0. The van der Waals surface area contributed by atoms with Gasteiger partial charge in [-0.1, -0.05) is 72.8 Å². The highest BCUT2D eigenvalue weighted by Gasteiger charge is 2.25. The Balaban J connectivity index is 1.28. The number of anilines is 4. The van der Waals surface area contributed by atoms with E-state index in [4.69, 9.17) is 9.97 Å². The van der Waals surface area contributed by atoms with Crippen molar-refractivity contribution in [1.29, 1.82) is 0 Å². The fourth-order valence-corrected chi connectivity index (χ4v) is 10.4. The van der Waals surface area contributed by atoms with E-state index in [0.29, 0.717) is 84.8 Å². The SMILES string of the molecule is O=C1CCN2CCC(=O)Nc3ccccc3-c3c4nc(c(c5ccc([nH]5)c5c6nc(c(c7ccc3[nH]7)-c3ccccc3NC(=O)CCN(CCC(=O)Nc3ccccc3-5)CC2)C=C6)-c2ccccc2N1)C=C4. The number of nitrogens with one attached hydrogen (secondary N) is 6. The number of carbonyl (C=O) groups is 4. The summed E-state index contributed by atoms with van der Waals surface area (Å²) in [7, 11) is 0. The number of H-pyrrole nitrogens is 2. The lowest BCUT2D eigenvalue weighted by molar-refractivity contribution is -0.118. The van der Waals surface area contributed by atoms with E-state index in [1.165, 1.54) is 0 Å². The van der Waals surface area contributed by atoms with Gasteiger partial charge in [-0.3, -0.25) is 19.2 Å². The van der Waals surface area contributed by atoms with Crippen molar-refractivity contribution in [2.75, 3.05) is 60.5 Å². The number of para-hydroxylation sites is 4. The number of carbonyl (C=O) groups excluding carboxylic acids is 4. The van der Waals surface area contributed by atoms with E-state index >= 15 is 0 Å². The van der Waals surface area contributed by atoms with Gasteiger partial charge in [0, 0.05) is 154 Å². The molecule has 0 atom stereocenters. The van der Waals surface area contributed by atoms with E-state index in [1.807, 2.05) is 146 Å². The highest BCUT2D eigenvalue weighted by Crippen LogP contribution is 2.43. The molecule has 0 saturated carbocycles. The molecule has 0 radical (unpaired) electrons. The van der Waals surface area contributed by atoms with E-state index in [9.17, 15) is 19.2 Å². The number of hydrogen-bond donors (Lipinski definition) is 6. The van der Waals surface area contributed by atoms with Crippen LogP contribution in [0, 0.1) is 0 Å². The summed E-state index contributed by atoms with van der Waals surface area (Å²) in [4.78, 5) is 79.7. The molecule has 0 fully saturated rings. The minimum atomic E-state index is -0.189. The van der Waals surface area contributed by atoms with Gasteiger partial charge in [0.2, 0.25) is 23.6 Å². The lowest BCUT2D eigenvalue weighted by Crippen LogP contribution is -2.40. The lowest BCUT2D eigenvalue weighted by atomic mass is 10.0. The average Bonchev–Trinajstić information content (AvgIpc) is 4.24. The van der Waals surface area contributed by atoms with Gasteiger partial charge in [-0.25, -0.2) is 9.97 Å². The van der Waals surface area contributed by atoms with Crippen LogP contribution in [0.25, 0.3) is 90.9 Å². The van der Waals surface area contributed by atoms with E-state index in [2.05, 4.69) is 41.0 Å². The fourth-order valence-electron chi connectivity index (χ4n) is 10.4. The highest BCUT2D eigenvalue weighted by molar-refractivity contribution is 6.07. The largest absolute Gasteiger partial charge is 0.354 e. The summed E-state index contributed by atoms with van der Waals surface area (Å²) >= 11 is 0. The van der Waals surface area contributed by atoms with Crippen LogP contribution in [0.4, 0.5) is 22.7 Å². The van der Waals surface area contributed by atoms with E-state index in [0.717, 1.165) is 66.6 Å². The summed E-state index contributed by atoms with van der Waals surface area (Å²) in [5.74, 6) is -0.757. The molecular weight excluding hydrogens is 901 g/mol. The molecule has 6 N–H and O–H groups in total. The van der Waals surface area contributed by atoms with Crippen molar-refractivity contribution in [3.8, 4) is 44.5 Å². The summed E-state index contributed by atoms with van der Waals surface area (Å²) in [6.07, 6.45) is 8.53. The van der Waals surface area contributed by atoms with Crippen molar-refractivity contribution < 1.29 is 19.2 Å². The van der Waals surface area contributed by atoms with Crippen molar-refractivity contribution in [3.63, 3.8) is 0 Å². The van der Waals surface area contributed by atoms with Crippen LogP contribution in [0.3, 0.4) is 0 Å². The Bertz CT molecular complexity index is 3170. The third-order valence-corrected chi connectivity index (χ3v) is 14.0. The third-order valence-electron chi connectivity index (χ3n) is 14.0. The molecule has 0 spiro atoms. The molecule has 14 bridgehead atoms. The average molecular weight is 951 g/mol. The standard InChI is InChI=1S/C58H50N10O4/c69-51-25-29-67-30-26-52(70)64-40-14-6-2-10-36(40)56-44-18-17-43(59-44)55(35-9-1-5-13-39(35)63-51)47-21-22-48(61-47)57-37-11-3-7-15-41(37)65-53(71)27-31-68(34-33-67)32-28-54(72)66-42-16-8-4-12-38(42)58(46-20-19-45(57)60-46)50-24-23-49(56)62-50/h1-24,61-62H,25-34H2,(H,63,69)(H,64,70)(H,65,71)(H,66,72). The van der Waals surface area contributed by atoms with Crippen LogP contribution in [0.1, 0.15) is 48.5 Å². The van der Waals surface area contributed by atoms with Crippen molar-refractivity contribution >= 4 is 92.7 Å². The van der Waals surface area contributed by atoms with Crippen LogP contribution >= 0.6 is 0 Å². The molecule has 14 nitrogen and oxygen atoms in total. The summed E-state index contributed by atoms with van der Waals surface area (Å²) in [5.41, 5.74) is 13.9. The fraction of sp³-hybridized carbons (Fsp3) is 0.172. The van der Waals surface area contributed by atoms with Crippen LogP contribution in [0.15, 0.2) is 121 Å². The maximum atomic E-state index is 14.2. The molecule has 9 heterocycles. The molecule has 6 aliphatic heterocycles. The number of amides is 4. The highest BCUT2D eigenvalue weighted by atomic mass is 16.2. The molecular formula is C58H50N10O4. The van der Waals surface area contributed by atoms with Gasteiger partial charge in [0.25, 0.3) is 0 Å². The van der Waals surface area contributed by atoms with Crippen molar-refractivity contribution in [3.05, 3.63) is 144 Å². The number of aromatic nitrogens is 4. The van der Waals surface area contributed by atoms with Crippen molar-refractivity contribution in [2.45, 2.75) is 25.7 Å². The normalized spacial score (nSPS) is 17.9. The number of aromatic amines is 2. The van der Waals surface area contributed by atoms with Gasteiger partial charge < -0.3 is 41.0 Å². The summed E-state index contributed by atoms with van der Waals surface area (Å²) in [6, 6.07) is 39.2. The molecule has 14 heteroatoms. The first-order valence-corrected chi connectivity index (χ1v) is 24.5. The molecule has 3 aromatic heterocycles. The van der Waals surface area contributed by atoms with Crippen molar-refractivity contribution in [2.24, 2.45) is 0 Å². The molecule has 6 aliphatic rings. The van der Waals surface area contributed by atoms with Gasteiger partial charge in [0.15, 0.2) is 0 Å². The quantitative estimate of drug-likeness (QED) is 0.0869. The van der Waals surface area contributed by atoms with Crippen LogP contribution in [0.5, 0.6) is 0 Å². The predicted molar refractivity (Wildman–Crippen MR) is 286 cm³/mol. The Morgan fingerprint density at radius 1 is 0.319 bits per heavy atom. The molecule has 0 saturated heterocycles. The second-order valence-corrected chi connectivity index (χ2v) is 18.6. The van der Waals surface area contributed by atoms with E-state index in [1.54, 1.807) is 0 Å². The smallest absolute Gasteiger partial charge is 0.225 e. The minimum Gasteiger partial charge on any atom is -0.354 e. The summed E-state index contributed by atoms with van der Waals surface area (Å²) < 4.78 is 0. The second kappa shape index (κ2) is 18.9. The van der Waals surface area contributed by atoms with Gasteiger partial charge in [0.05, 0.1) is 22.8 Å². The Morgan fingerprint density at radius 2 is 0.569 bits per heavy atom. The molecule has 72 heavy (non-hydrogen) atoms. The molecule has 0 unspecified atom stereocenters. The Hall–Kier alpha value is -8.72. The molecule has 13 rings (SSSR count). The predicted octanol–water partition coefficient (Wildman–Crippen LogP) is 10.3. The number of nitrogens with zero attached hydrogens (tertiary/aromatic N) is 4. The second-order valence-electron chi connectivity index (χ2n) is 18.6. The summed E-state index contributed by atoms with van der Waals surface area (Å²) in [6.45, 7) is 2.35. The molecule has 356 valence electrons. The topological polar surface area (TPSA) is 180 Å². The first-order valence-electron chi connectivity index (χ1n) is 24.5. The van der Waals surface area contributed by atoms with Crippen LogP contribution in [-0.2, 0) is 19.2 Å². The third kappa shape index (κ3) is 8.67. The van der Waals surface area contributed by atoms with Crippen LogP contribution in [-0.4, -0.2) is 92.6 Å².